The van der Waals surface area contributed by atoms with Gasteiger partial charge in [-0.1, -0.05) is 20.8 Å². The lowest BCUT2D eigenvalue weighted by molar-refractivity contribution is -0.221. The molecule has 218 valence electrons. The Morgan fingerprint density at radius 1 is 0.811 bits per heavy atom. The Morgan fingerprint density at radius 3 is 1.78 bits per heavy atom. The van der Waals surface area contributed by atoms with E-state index in [9.17, 15) is 32.3 Å². The zero-order valence-electron chi connectivity index (χ0n) is 23.1. The molecule has 0 aliphatic rings. The average Bonchev–Trinajstić information content (AvgIpc) is 2.82. The van der Waals surface area contributed by atoms with E-state index in [0.717, 1.165) is 39.0 Å². The molecule has 1 N–H and O–H groups in total. The highest BCUT2D eigenvalue weighted by molar-refractivity contribution is 5.76. The van der Waals surface area contributed by atoms with Crippen LogP contribution in [0.5, 0.6) is 0 Å². The molecule has 0 heterocycles. The van der Waals surface area contributed by atoms with E-state index in [1.165, 1.54) is 0 Å². The van der Waals surface area contributed by atoms with Crippen LogP contribution in [0.25, 0.3) is 0 Å². The summed E-state index contributed by atoms with van der Waals surface area (Å²) in [6, 6.07) is 0. The highest BCUT2D eigenvalue weighted by atomic mass is 19.4. The van der Waals surface area contributed by atoms with Crippen molar-refractivity contribution in [2.75, 3.05) is 13.2 Å². The van der Waals surface area contributed by atoms with Crippen LogP contribution < -0.4 is 0 Å². The van der Waals surface area contributed by atoms with Crippen LogP contribution in [0.4, 0.5) is 13.2 Å². The number of carbonyl (C=O) groups excluding carboxylic acids is 3. The van der Waals surface area contributed by atoms with Crippen LogP contribution in [0.3, 0.4) is 0 Å². The third-order valence-electron chi connectivity index (χ3n) is 5.76. The normalized spacial score (nSPS) is 13.0. The topological polar surface area (TPSA) is 116 Å². The second-order valence-electron chi connectivity index (χ2n) is 9.54. The van der Waals surface area contributed by atoms with E-state index >= 15 is 0 Å². The molecule has 0 spiro atoms. The van der Waals surface area contributed by atoms with Crippen molar-refractivity contribution >= 4 is 23.9 Å². The standard InChI is InChI=1S/C17H30O6.C9H15F3O2/c1-3-14(2)17(21)23-13-9-5-7-11-16(20)22-12-8-4-6-10-15(18)19;1-5-8(3,4)7(13)14-6(2)9(10,11)12/h14H,3-13H2,1-2H3,(H,18,19);6H,5H2,1-4H3. The summed E-state index contributed by atoms with van der Waals surface area (Å²) in [5, 5.41) is 8.47. The lowest BCUT2D eigenvalue weighted by Gasteiger charge is -2.24. The first-order valence-corrected chi connectivity index (χ1v) is 12.9. The minimum Gasteiger partial charge on any atom is -0.481 e. The van der Waals surface area contributed by atoms with Crippen molar-refractivity contribution in [3.8, 4) is 0 Å². The Labute approximate surface area is 218 Å². The summed E-state index contributed by atoms with van der Waals surface area (Å²) in [5.41, 5.74) is -0.862. The second-order valence-corrected chi connectivity index (χ2v) is 9.54. The number of aliphatic carboxylic acids is 1. The van der Waals surface area contributed by atoms with Crippen LogP contribution in [0.2, 0.25) is 0 Å². The predicted octanol–water partition coefficient (Wildman–Crippen LogP) is 6.24. The molecule has 0 aliphatic heterocycles. The summed E-state index contributed by atoms with van der Waals surface area (Å²) < 4.78 is 50.6. The Balaban J connectivity index is 0. The number of unbranched alkanes of at least 4 members (excludes halogenated alkanes) is 4. The Morgan fingerprint density at radius 2 is 1.32 bits per heavy atom. The fourth-order valence-electron chi connectivity index (χ4n) is 2.37. The number of ether oxygens (including phenoxy) is 3. The van der Waals surface area contributed by atoms with Crippen LogP contribution in [0.15, 0.2) is 0 Å². The van der Waals surface area contributed by atoms with Gasteiger partial charge in [0.25, 0.3) is 0 Å². The van der Waals surface area contributed by atoms with Crippen LogP contribution in [-0.2, 0) is 33.4 Å². The first-order chi connectivity index (χ1) is 17.1. The number of esters is 3. The first kappa shape index (κ1) is 36.8. The number of alkyl halides is 3. The summed E-state index contributed by atoms with van der Waals surface area (Å²) in [7, 11) is 0. The fourth-order valence-corrected chi connectivity index (χ4v) is 2.37. The van der Waals surface area contributed by atoms with Gasteiger partial charge in [-0.2, -0.15) is 13.2 Å². The van der Waals surface area contributed by atoms with Crippen LogP contribution >= 0.6 is 0 Å². The summed E-state index contributed by atoms with van der Waals surface area (Å²) in [5.74, 6) is -2.04. The van der Waals surface area contributed by atoms with Gasteiger partial charge in [-0.05, 0) is 72.1 Å². The maximum absolute atomic E-state index is 12.0. The van der Waals surface area contributed by atoms with Gasteiger partial charge in [0.15, 0.2) is 6.10 Å². The highest BCUT2D eigenvalue weighted by Gasteiger charge is 2.41. The summed E-state index contributed by atoms with van der Waals surface area (Å²) in [6.07, 6.45) is -0.416. The third-order valence-corrected chi connectivity index (χ3v) is 5.76. The summed E-state index contributed by atoms with van der Waals surface area (Å²) in [4.78, 5) is 44.4. The number of carboxylic acid groups (broad SMARTS) is 1. The number of carbonyl (C=O) groups is 4. The predicted molar refractivity (Wildman–Crippen MR) is 132 cm³/mol. The van der Waals surface area contributed by atoms with Crippen molar-refractivity contribution in [1.82, 2.24) is 0 Å². The van der Waals surface area contributed by atoms with E-state index in [-0.39, 0.29) is 24.3 Å². The minimum atomic E-state index is -4.49. The molecule has 37 heavy (non-hydrogen) atoms. The van der Waals surface area contributed by atoms with Gasteiger partial charge in [-0.15, -0.1) is 0 Å². The summed E-state index contributed by atoms with van der Waals surface area (Å²) >= 11 is 0. The molecule has 0 aromatic heterocycles. The molecule has 0 saturated carbocycles. The van der Waals surface area contributed by atoms with E-state index in [1.54, 1.807) is 20.8 Å². The number of hydrogen-bond donors (Lipinski definition) is 1. The van der Waals surface area contributed by atoms with Crippen molar-refractivity contribution in [3.63, 3.8) is 0 Å². The number of hydrogen-bond acceptors (Lipinski definition) is 7. The molecule has 0 radical (unpaired) electrons. The molecule has 0 aliphatic carbocycles. The molecule has 11 heteroatoms. The number of halogens is 3. The monoisotopic (exact) mass is 542 g/mol. The fraction of sp³-hybridized carbons (Fsp3) is 0.846. The van der Waals surface area contributed by atoms with E-state index in [2.05, 4.69) is 4.74 Å². The molecule has 0 saturated heterocycles. The van der Waals surface area contributed by atoms with Gasteiger partial charge >= 0.3 is 30.1 Å². The zero-order valence-corrected chi connectivity index (χ0v) is 23.1. The van der Waals surface area contributed by atoms with Gasteiger partial charge < -0.3 is 19.3 Å². The second kappa shape index (κ2) is 19.7. The molecule has 8 nitrogen and oxygen atoms in total. The number of carboxylic acids is 1. The largest absolute Gasteiger partial charge is 0.481 e. The lowest BCUT2D eigenvalue weighted by Crippen LogP contribution is -2.36. The van der Waals surface area contributed by atoms with Gasteiger partial charge in [0.05, 0.1) is 24.5 Å². The van der Waals surface area contributed by atoms with Gasteiger partial charge in [-0.3, -0.25) is 19.2 Å². The van der Waals surface area contributed by atoms with E-state index in [4.69, 9.17) is 14.6 Å². The average molecular weight is 543 g/mol. The Kier molecular flexibility index (Phi) is 19.6. The molecule has 0 bridgehead atoms. The van der Waals surface area contributed by atoms with E-state index in [1.807, 2.05) is 13.8 Å². The SMILES string of the molecule is CCC(C)(C)C(=O)OC(C)C(F)(F)F.CCC(C)C(=O)OCCCCCC(=O)OCCCCCC(=O)O. The van der Waals surface area contributed by atoms with Crippen LogP contribution in [0.1, 0.15) is 106 Å². The van der Waals surface area contributed by atoms with Gasteiger partial charge in [0, 0.05) is 12.8 Å². The van der Waals surface area contributed by atoms with E-state index < -0.39 is 29.6 Å². The molecule has 0 amide bonds. The minimum absolute atomic E-state index is 0.0551. The Hall–Kier alpha value is -2.33. The van der Waals surface area contributed by atoms with Gasteiger partial charge in [0.2, 0.25) is 0 Å². The molecule has 2 atom stereocenters. The smallest absolute Gasteiger partial charge is 0.425 e. The van der Waals surface area contributed by atoms with Crippen molar-refractivity contribution in [1.29, 1.82) is 0 Å². The lowest BCUT2D eigenvalue weighted by atomic mass is 9.90. The molecular weight excluding hydrogens is 497 g/mol. The molecule has 0 fully saturated rings. The summed E-state index contributed by atoms with van der Waals surface area (Å²) in [6.45, 7) is 10.2. The van der Waals surface area contributed by atoms with E-state index in [0.29, 0.717) is 38.9 Å². The first-order valence-electron chi connectivity index (χ1n) is 12.9. The zero-order chi connectivity index (χ0) is 29.1. The molecular formula is C26H45F3O8. The molecule has 2 unspecified atom stereocenters. The highest BCUT2D eigenvalue weighted by Crippen LogP contribution is 2.27. The van der Waals surface area contributed by atoms with Crippen molar-refractivity contribution in [3.05, 3.63) is 0 Å². The van der Waals surface area contributed by atoms with Crippen molar-refractivity contribution in [2.24, 2.45) is 11.3 Å². The van der Waals surface area contributed by atoms with Crippen molar-refractivity contribution in [2.45, 2.75) is 118 Å². The molecule has 0 rings (SSSR count). The van der Waals surface area contributed by atoms with Crippen LogP contribution in [-0.4, -0.2) is 54.5 Å². The van der Waals surface area contributed by atoms with Crippen LogP contribution in [0, 0.1) is 11.3 Å². The maximum Gasteiger partial charge on any atom is 0.425 e. The number of rotatable bonds is 17. The Bertz CT molecular complexity index is 677. The third kappa shape index (κ3) is 20.4. The quantitative estimate of drug-likeness (QED) is 0.130. The maximum atomic E-state index is 12.0. The molecule has 0 aromatic carbocycles. The van der Waals surface area contributed by atoms with Gasteiger partial charge in [0.1, 0.15) is 0 Å². The van der Waals surface area contributed by atoms with Gasteiger partial charge in [-0.25, -0.2) is 0 Å². The van der Waals surface area contributed by atoms with Crippen molar-refractivity contribution < 1.29 is 51.7 Å². The molecule has 0 aromatic rings.